The maximum atomic E-state index is 10.9. The standard InChI is InChI=1S/C10H14O5.C8H8.C7H12O2.C5H8O2/c1-3-4-8(5-6-9(11)12)7(2)10(13)15-14;1-2-8-6-4-3-5-7-8;1-3-5-6-9-7(8)4-2;1-4(2)5(6)7-3/h5-6,8,14H,2-4H2,1H3,(H,11,12);2-7H,1H2;4H,2-3,5-6H2,1H3;1H2,2-3H3. The summed E-state index contributed by atoms with van der Waals surface area (Å²) in [5.74, 6) is -3.14. The van der Waals surface area contributed by atoms with Gasteiger partial charge in [-0.15, -0.1) is 0 Å². The van der Waals surface area contributed by atoms with E-state index in [9.17, 15) is 19.2 Å². The van der Waals surface area contributed by atoms with Crippen molar-refractivity contribution < 1.29 is 43.9 Å². The van der Waals surface area contributed by atoms with E-state index in [1.165, 1.54) is 24.8 Å². The van der Waals surface area contributed by atoms with E-state index < -0.39 is 17.9 Å². The van der Waals surface area contributed by atoms with Gasteiger partial charge in [0.1, 0.15) is 0 Å². The minimum atomic E-state index is -1.10. The van der Waals surface area contributed by atoms with Crippen molar-refractivity contribution in [3.63, 3.8) is 0 Å². The van der Waals surface area contributed by atoms with Crippen LogP contribution in [0.2, 0.25) is 0 Å². The van der Waals surface area contributed by atoms with E-state index in [0.717, 1.165) is 25.3 Å². The van der Waals surface area contributed by atoms with Crippen molar-refractivity contribution >= 4 is 30.0 Å². The van der Waals surface area contributed by atoms with Crippen LogP contribution in [-0.4, -0.2) is 48.0 Å². The van der Waals surface area contributed by atoms with Crippen molar-refractivity contribution in [3.8, 4) is 0 Å². The number of unbranched alkanes of at least 4 members (excludes halogenated alkanes) is 1. The average Bonchev–Trinajstić information content (AvgIpc) is 2.95. The summed E-state index contributed by atoms with van der Waals surface area (Å²) >= 11 is 0. The number of aliphatic carboxylic acids is 1. The molecule has 9 heteroatoms. The second-order valence-electron chi connectivity index (χ2n) is 7.61. The molecule has 1 aromatic carbocycles. The van der Waals surface area contributed by atoms with Gasteiger partial charge >= 0.3 is 23.9 Å². The summed E-state index contributed by atoms with van der Waals surface area (Å²) in [5.41, 5.74) is 1.65. The van der Waals surface area contributed by atoms with Crippen LogP contribution in [0.3, 0.4) is 0 Å². The third-order valence-electron chi connectivity index (χ3n) is 4.34. The topological polar surface area (TPSA) is 136 Å². The quantitative estimate of drug-likeness (QED) is 0.0784. The van der Waals surface area contributed by atoms with Gasteiger partial charge in [0, 0.05) is 29.2 Å². The number of methoxy groups -OCH3 is 1. The van der Waals surface area contributed by atoms with Gasteiger partial charge in [-0.3, -0.25) is 4.89 Å². The summed E-state index contributed by atoms with van der Waals surface area (Å²) in [6.07, 6.45) is 8.60. The van der Waals surface area contributed by atoms with Crippen molar-refractivity contribution in [2.45, 2.75) is 46.5 Å². The number of ether oxygens (including phenoxy) is 2. The molecule has 0 radical (unpaired) electrons. The third kappa shape index (κ3) is 25.2. The van der Waals surface area contributed by atoms with E-state index in [-0.39, 0.29) is 17.5 Å². The summed E-state index contributed by atoms with van der Waals surface area (Å²) < 4.78 is 8.95. The molecule has 1 atom stereocenters. The highest BCUT2D eigenvalue weighted by molar-refractivity contribution is 5.88. The fourth-order valence-corrected chi connectivity index (χ4v) is 2.25. The molecule has 0 spiro atoms. The number of allylic oxidation sites excluding steroid dienone is 1. The number of hydrogen-bond donors (Lipinski definition) is 2. The lowest BCUT2D eigenvalue weighted by Crippen LogP contribution is -2.12. The molecule has 0 aliphatic rings. The van der Waals surface area contributed by atoms with Crippen LogP contribution in [0, 0.1) is 5.92 Å². The second kappa shape index (κ2) is 26.8. The number of carboxylic acids is 1. The van der Waals surface area contributed by atoms with Gasteiger partial charge in [0.25, 0.3) is 0 Å². The molecule has 0 aliphatic carbocycles. The Bertz CT molecular complexity index is 931. The van der Waals surface area contributed by atoms with Crippen molar-refractivity contribution in [1.29, 1.82) is 0 Å². The number of hydrogen-bond acceptors (Lipinski definition) is 8. The van der Waals surface area contributed by atoms with Crippen molar-refractivity contribution in [1.82, 2.24) is 0 Å². The highest BCUT2D eigenvalue weighted by atomic mass is 17.1. The van der Waals surface area contributed by atoms with E-state index in [0.29, 0.717) is 18.6 Å². The molecular weight excluding hydrogens is 504 g/mol. The lowest BCUT2D eigenvalue weighted by Gasteiger charge is -2.11. The predicted octanol–water partition coefficient (Wildman–Crippen LogP) is 6.20. The molecule has 1 unspecified atom stereocenters. The van der Waals surface area contributed by atoms with Crippen LogP contribution < -0.4 is 0 Å². The summed E-state index contributed by atoms with van der Waals surface area (Å²) in [5, 5.41) is 16.6. The Morgan fingerprint density at radius 3 is 1.92 bits per heavy atom. The van der Waals surface area contributed by atoms with Crippen LogP contribution >= 0.6 is 0 Å². The van der Waals surface area contributed by atoms with Crippen LogP contribution in [0.5, 0.6) is 0 Å². The Morgan fingerprint density at radius 1 is 1.00 bits per heavy atom. The summed E-state index contributed by atoms with van der Waals surface area (Å²) in [6, 6.07) is 10.0. The molecule has 216 valence electrons. The van der Waals surface area contributed by atoms with Gasteiger partial charge < -0.3 is 14.6 Å². The van der Waals surface area contributed by atoms with Gasteiger partial charge in [-0.2, -0.15) is 5.26 Å². The van der Waals surface area contributed by atoms with Gasteiger partial charge in [-0.25, -0.2) is 19.2 Å². The van der Waals surface area contributed by atoms with E-state index in [1.807, 2.05) is 50.3 Å². The molecule has 1 aromatic rings. The minimum Gasteiger partial charge on any atom is -0.478 e. The van der Waals surface area contributed by atoms with Gasteiger partial charge in [0.2, 0.25) is 0 Å². The highest BCUT2D eigenvalue weighted by Gasteiger charge is 2.17. The predicted molar refractivity (Wildman–Crippen MR) is 152 cm³/mol. The molecule has 0 fully saturated rings. The van der Waals surface area contributed by atoms with Gasteiger partial charge in [-0.1, -0.05) is 95.5 Å². The average molecular weight is 547 g/mol. The fraction of sp³-hybridized carbons (Fsp3) is 0.333. The third-order valence-corrected chi connectivity index (χ3v) is 4.34. The Hall–Kier alpha value is -4.24. The summed E-state index contributed by atoms with van der Waals surface area (Å²) in [6.45, 7) is 19.7. The first-order chi connectivity index (χ1) is 18.4. The molecule has 0 aromatic heterocycles. The first-order valence-electron chi connectivity index (χ1n) is 12.1. The molecule has 0 aliphatic heterocycles. The van der Waals surface area contributed by atoms with Crippen LogP contribution in [0.25, 0.3) is 6.08 Å². The van der Waals surface area contributed by atoms with Crippen molar-refractivity contribution in [2.24, 2.45) is 5.92 Å². The zero-order valence-corrected chi connectivity index (χ0v) is 23.4. The molecule has 39 heavy (non-hydrogen) atoms. The second-order valence-corrected chi connectivity index (χ2v) is 7.61. The normalized spacial score (nSPS) is 9.87. The Labute approximate surface area is 231 Å². The smallest absolute Gasteiger partial charge is 0.368 e. The summed E-state index contributed by atoms with van der Waals surface area (Å²) in [7, 11) is 1.33. The maximum absolute atomic E-state index is 10.9. The van der Waals surface area contributed by atoms with E-state index in [4.69, 9.17) is 10.4 Å². The van der Waals surface area contributed by atoms with Crippen LogP contribution in [0.4, 0.5) is 0 Å². The van der Waals surface area contributed by atoms with E-state index in [2.05, 4.69) is 40.7 Å². The first kappa shape index (κ1) is 39.3. The van der Waals surface area contributed by atoms with Crippen LogP contribution in [0.1, 0.15) is 52.0 Å². The molecule has 0 saturated heterocycles. The molecule has 2 N–H and O–H groups in total. The lowest BCUT2D eigenvalue weighted by atomic mass is 9.95. The van der Waals surface area contributed by atoms with Gasteiger partial charge in [0.15, 0.2) is 0 Å². The van der Waals surface area contributed by atoms with Crippen molar-refractivity contribution in [2.75, 3.05) is 13.7 Å². The molecule has 9 nitrogen and oxygen atoms in total. The van der Waals surface area contributed by atoms with Crippen molar-refractivity contribution in [3.05, 3.63) is 91.6 Å². The number of rotatable bonds is 12. The Balaban J connectivity index is -0.000000466. The number of esters is 2. The highest BCUT2D eigenvalue weighted by Crippen LogP contribution is 2.18. The van der Waals surface area contributed by atoms with Crippen LogP contribution in [0.15, 0.2) is 86.0 Å². The zero-order valence-electron chi connectivity index (χ0n) is 23.4. The fourth-order valence-electron chi connectivity index (χ4n) is 2.25. The van der Waals surface area contributed by atoms with Gasteiger partial charge in [0.05, 0.1) is 13.7 Å². The SMILES string of the molecule is C=C(C(=O)OO)C(C=CC(=O)O)CCC.C=C(C)C(=O)OC.C=CC(=O)OCCCC.C=Cc1ccccc1. The molecule has 0 saturated carbocycles. The van der Waals surface area contributed by atoms with E-state index >= 15 is 0 Å². The molecular formula is C30H42O9. The Kier molecular flexibility index (Phi) is 27.0. The molecule has 0 amide bonds. The maximum Gasteiger partial charge on any atom is 0.368 e. The van der Waals surface area contributed by atoms with E-state index in [1.54, 1.807) is 6.92 Å². The molecule has 1 rings (SSSR count). The lowest BCUT2D eigenvalue weighted by molar-refractivity contribution is -0.229. The van der Waals surface area contributed by atoms with Gasteiger partial charge in [-0.05, 0) is 25.3 Å². The largest absolute Gasteiger partial charge is 0.478 e. The van der Waals surface area contributed by atoms with Crippen LogP contribution in [-0.2, 0) is 33.5 Å². The number of carbonyl (C=O) groups excluding carboxylic acids is 3. The Morgan fingerprint density at radius 2 is 1.59 bits per heavy atom. The molecule has 0 heterocycles. The monoisotopic (exact) mass is 546 g/mol. The minimum absolute atomic E-state index is 0.0388. The molecule has 0 bridgehead atoms. The number of carboxylic acid groups (broad SMARTS) is 1. The summed E-state index contributed by atoms with van der Waals surface area (Å²) in [4.78, 5) is 45.3. The number of carbonyl (C=O) groups is 4. The number of benzene rings is 1. The first-order valence-corrected chi connectivity index (χ1v) is 12.1. The zero-order chi connectivity index (χ0) is 30.6.